The Morgan fingerprint density at radius 1 is 1.50 bits per heavy atom. The van der Waals surface area contributed by atoms with Gasteiger partial charge in [0, 0.05) is 19.6 Å². The number of amides is 1. The Labute approximate surface area is 105 Å². The Balaban J connectivity index is 2.24. The molecule has 2 rings (SSSR count). The number of aromatic nitrogens is 1. The fourth-order valence-corrected chi connectivity index (χ4v) is 1.92. The molecule has 0 aliphatic carbocycles. The fraction of sp³-hybridized carbons (Fsp3) is 0.417. The lowest BCUT2D eigenvalue weighted by atomic mass is 10.2. The smallest absolute Gasteiger partial charge is 0.354 e. The molecular formula is C12H15N3O3. The number of rotatable bonds is 2. The van der Waals surface area contributed by atoms with E-state index >= 15 is 0 Å². The number of nitrogens with zero attached hydrogens (tertiary/aromatic N) is 3. The lowest BCUT2D eigenvalue weighted by Crippen LogP contribution is -2.53. The van der Waals surface area contributed by atoms with E-state index in [1.807, 2.05) is 6.92 Å². The Kier molecular flexibility index (Phi) is 3.18. The maximum atomic E-state index is 11.7. The van der Waals surface area contributed by atoms with Crippen LogP contribution in [0, 0.1) is 0 Å². The lowest BCUT2D eigenvalue weighted by Gasteiger charge is -2.37. The third-order valence-corrected chi connectivity index (χ3v) is 3.14. The summed E-state index contributed by atoms with van der Waals surface area (Å²) in [6.07, 6.45) is 0. The van der Waals surface area contributed by atoms with Gasteiger partial charge in [-0.25, -0.2) is 9.78 Å². The van der Waals surface area contributed by atoms with Gasteiger partial charge in [0.15, 0.2) is 5.69 Å². The summed E-state index contributed by atoms with van der Waals surface area (Å²) >= 11 is 0. The number of anilines is 1. The van der Waals surface area contributed by atoms with Crippen LogP contribution >= 0.6 is 0 Å². The molecule has 6 nitrogen and oxygen atoms in total. The van der Waals surface area contributed by atoms with Crippen LogP contribution in [-0.4, -0.2) is 53.0 Å². The molecule has 18 heavy (non-hydrogen) atoms. The van der Waals surface area contributed by atoms with E-state index in [4.69, 9.17) is 5.11 Å². The molecule has 6 heteroatoms. The minimum absolute atomic E-state index is 0.00784. The zero-order valence-electron chi connectivity index (χ0n) is 10.3. The SMILES string of the molecule is CC1CN(c2cccc(C(=O)O)n2)CC(=O)N1C. The Morgan fingerprint density at radius 2 is 2.22 bits per heavy atom. The topological polar surface area (TPSA) is 73.7 Å². The summed E-state index contributed by atoms with van der Waals surface area (Å²) in [7, 11) is 1.77. The molecule has 1 aromatic rings. The molecule has 1 aromatic heterocycles. The highest BCUT2D eigenvalue weighted by atomic mass is 16.4. The van der Waals surface area contributed by atoms with E-state index in [0.717, 1.165) is 0 Å². The van der Waals surface area contributed by atoms with Crippen molar-refractivity contribution in [2.24, 2.45) is 0 Å². The summed E-state index contributed by atoms with van der Waals surface area (Å²) in [6.45, 7) is 2.83. The molecule has 0 aromatic carbocycles. The number of carboxylic acids is 1. The largest absolute Gasteiger partial charge is 0.477 e. The van der Waals surface area contributed by atoms with Gasteiger partial charge in [-0.15, -0.1) is 0 Å². The number of hydrogen-bond donors (Lipinski definition) is 1. The van der Waals surface area contributed by atoms with Gasteiger partial charge in [-0.1, -0.05) is 6.07 Å². The van der Waals surface area contributed by atoms with E-state index in [1.165, 1.54) is 6.07 Å². The monoisotopic (exact) mass is 249 g/mol. The predicted molar refractivity (Wildman–Crippen MR) is 65.6 cm³/mol. The van der Waals surface area contributed by atoms with E-state index < -0.39 is 5.97 Å². The first-order valence-corrected chi connectivity index (χ1v) is 5.70. The van der Waals surface area contributed by atoms with Crippen LogP contribution in [0.15, 0.2) is 18.2 Å². The third kappa shape index (κ3) is 2.27. The fourth-order valence-electron chi connectivity index (χ4n) is 1.92. The van der Waals surface area contributed by atoms with Gasteiger partial charge in [0.05, 0.1) is 6.54 Å². The normalized spacial score (nSPS) is 20.1. The summed E-state index contributed by atoms with van der Waals surface area (Å²) in [4.78, 5) is 30.2. The summed E-state index contributed by atoms with van der Waals surface area (Å²) in [5, 5.41) is 8.90. The molecule has 1 fully saturated rings. The van der Waals surface area contributed by atoms with Crippen LogP contribution in [0.1, 0.15) is 17.4 Å². The van der Waals surface area contributed by atoms with Crippen molar-refractivity contribution in [3.63, 3.8) is 0 Å². The molecule has 1 amide bonds. The van der Waals surface area contributed by atoms with E-state index in [9.17, 15) is 9.59 Å². The first-order valence-electron chi connectivity index (χ1n) is 5.70. The Bertz CT molecular complexity index is 489. The standard InChI is InChI=1S/C12H15N3O3/c1-8-6-15(7-11(16)14(8)2)10-5-3-4-9(13-10)12(17)18/h3-5,8H,6-7H2,1-2H3,(H,17,18). The number of carboxylic acid groups (broad SMARTS) is 1. The second kappa shape index (κ2) is 4.64. The third-order valence-electron chi connectivity index (χ3n) is 3.14. The number of piperazine rings is 1. The molecule has 2 heterocycles. The molecular weight excluding hydrogens is 234 g/mol. The van der Waals surface area contributed by atoms with Crippen molar-refractivity contribution in [1.29, 1.82) is 0 Å². The number of carbonyl (C=O) groups is 2. The maximum Gasteiger partial charge on any atom is 0.354 e. The van der Waals surface area contributed by atoms with Crippen molar-refractivity contribution in [2.45, 2.75) is 13.0 Å². The van der Waals surface area contributed by atoms with Crippen LogP contribution in [0.4, 0.5) is 5.82 Å². The van der Waals surface area contributed by atoms with Crippen molar-refractivity contribution in [1.82, 2.24) is 9.88 Å². The summed E-state index contributed by atoms with van der Waals surface area (Å²) in [6, 6.07) is 4.88. The van der Waals surface area contributed by atoms with Gasteiger partial charge < -0.3 is 14.9 Å². The second-order valence-electron chi connectivity index (χ2n) is 4.42. The van der Waals surface area contributed by atoms with Crippen LogP contribution in [0.25, 0.3) is 0 Å². The van der Waals surface area contributed by atoms with Crippen LogP contribution in [-0.2, 0) is 4.79 Å². The molecule has 1 aliphatic heterocycles. The van der Waals surface area contributed by atoms with Gasteiger partial charge in [-0.3, -0.25) is 4.79 Å². The summed E-state index contributed by atoms with van der Waals surface area (Å²) in [5.74, 6) is -0.523. The molecule has 0 bridgehead atoms. The minimum Gasteiger partial charge on any atom is -0.477 e. The van der Waals surface area contributed by atoms with Gasteiger partial charge in [-0.2, -0.15) is 0 Å². The van der Waals surface area contributed by atoms with Crippen LogP contribution < -0.4 is 4.90 Å². The van der Waals surface area contributed by atoms with Gasteiger partial charge in [0.2, 0.25) is 5.91 Å². The van der Waals surface area contributed by atoms with Gasteiger partial charge in [0.25, 0.3) is 0 Å². The lowest BCUT2D eigenvalue weighted by molar-refractivity contribution is -0.131. The Morgan fingerprint density at radius 3 is 2.83 bits per heavy atom. The first kappa shape index (κ1) is 12.3. The van der Waals surface area contributed by atoms with Crippen molar-refractivity contribution in [3.05, 3.63) is 23.9 Å². The average molecular weight is 249 g/mol. The number of aromatic carboxylic acids is 1. The molecule has 1 unspecified atom stereocenters. The number of pyridine rings is 1. The highest BCUT2D eigenvalue weighted by Crippen LogP contribution is 2.17. The van der Waals surface area contributed by atoms with Crippen molar-refractivity contribution in [2.75, 3.05) is 25.0 Å². The van der Waals surface area contributed by atoms with Crippen molar-refractivity contribution < 1.29 is 14.7 Å². The van der Waals surface area contributed by atoms with Crippen LogP contribution in [0.3, 0.4) is 0 Å². The summed E-state index contributed by atoms with van der Waals surface area (Å²) in [5.41, 5.74) is -0.00784. The zero-order chi connectivity index (χ0) is 13.3. The molecule has 0 saturated carbocycles. The van der Waals surface area contributed by atoms with E-state index in [0.29, 0.717) is 12.4 Å². The molecule has 0 spiro atoms. The van der Waals surface area contributed by atoms with Crippen LogP contribution in [0.5, 0.6) is 0 Å². The van der Waals surface area contributed by atoms with Crippen LogP contribution in [0.2, 0.25) is 0 Å². The molecule has 1 aliphatic rings. The second-order valence-corrected chi connectivity index (χ2v) is 4.42. The highest BCUT2D eigenvalue weighted by Gasteiger charge is 2.27. The highest BCUT2D eigenvalue weighted by molar-refractivity contribution is 5.86. The Hall–Kier alpha value is -2.11. The van der Waals surface area contributed by atoms with E-state index in [1.54, 1.807) is 29.0 Å². The van der Waals surface area contributed by atoms with E-state index in [-0.39, 0.29) is 24.2 Å². The number of hydrogen-bond acceptors (Lipinski definition) is 4. The van der Waals surface area contributed by atoms with Crippen molar-refractivity contribution >= 4 is 17.7 Å². The van der Waals surface area contributed by atoms with Gasteiger partial charge in [0.1, 0.15) is 5.82 Å². The minimum atomic E-state index is -1.06. The summed E-state index contributed by atoms with van der Waals surface area (Å²) < 4.78 is 0. The zero-order valence-corrected chi connectivity index (χ0v) is 10.3. The average Bonchev–Trinajstić information content (AvgIpc) is 2.35. The van der Waals surface area contributed by atoms with Gasteiger partial charge >= 0.3 is 5.97 Å². The van der Waals surface area contributed by atoms with Gasteiger partial charge in [-0.05, 0) is 19.1 Å². The predicted octanol–water partition coefficient (Wildman–Crippen LogP) is 0.447. The molecule has 0 radical (unpaired) electrons. The molecule has 1 N–H and O–H groups in total. The molecule has 1 saturated heterocycles. The van der Waals surface area contributed by atoms with Crippen molar-refractivity contribution in [3.8, 4) is 0 Å². The molecule has 96 valence electrons. The first-order chi connectivity index (χ1) is 8.49. The van der Waals surface area contributed by atoms with E-state index in [2.05, 4.69) is 4.98 Å². The maximum absolute atomic E-state index is 11.7. The number of carbonyl (C=O) groups excluding carboxylic acids is 1. The quantitative estimate of drug-likeness (QED) is 0.823. The molecule has 1 atom stereocenters. The number of likely N-dealkylation sites (N-methyl/N-ethyl adjacent to an activating group) is 1.